The predicted molar refractivity (Wildman–Crippen MR) is 48.7 cm³/mol. The number of hydrogen-bond donors (Lipinski definition) is 0. The van der Waals surface area contributed by atoms with Crippen LogP contribution < -0.4 is 0 Å². The van der Waals surface area contributed by atoms with Crippen LogP contribution in [0.25, 0.3) is 0 Å². The Hall–Kier alpha value is 0.160. The molecular formula is C6H5ClF2IN. The van der Waals surface area contributed by atoms with E-state index < -0.39 is 12.1 Å². The van der Waals surface area contributed by atoms with Crippen LogP contribution >= 0.6 is 34.2 Å². The lowest BCUT2D eigenvalue weighted by Crippen LogP contribution is -2.31. The minimum absolute atomic E-state index is 0.730. The van der Waals surface area contributed by atoms with Gasteiger partial charge < -0.3 is 4.90 Å². The highest BCUT2D eigenvalue weighted by Crippen LogP contribution is 2.23. The molecule has 1 aliphatic rings. The maximum Gasteiger partial charge on any atom is 0.316 e. The molecule has 0 spiro atoms. The van der Waals surface area contributed by atoms with Crippen molar-refractivity contribution in [2.45, 2.75) is 12.1 Å². The first-order valence-corrected chi connectivity index (χ1v) is 4.38. The maximum absolute atomic E-state index is 12.1. The molecule has 0 N–H and O–H groups in total. The minimum Gasteiger partial charge on any atom is -0.302 e. The van der Waals surface area contributed by atoms with Crippen LogP contribution in [-0.2, 0) is 0 Å². The summed E-state index contributed by atoms with van der Waals surface area (Å²) in [6, 6.07) is 0. The zero-order valence-corrected chi connectivity index (χ0v) is 8.26. The summed E-state index contributed by atoms with van der Waals surface area (Å²) in [7, 11) is 0. The molecule has 1 heterocycles. The van der Waals surface area contributed by atoms with E-state index in [9.17, 15) is 8.78 Å². The number of rotatable bonds is 1. The second-order valence-corrected chi connectivity index (χ2v) is 3.66. The van der Waals surface area contributed by atoms with Crippen LogP contribution in [0.15, 0.2) is 21.9 Å². The molecule has 0 aromatic carbocycles. The van der Waals surface area contributed by atoms with Gasteiger partial charge in [-0.05, 0) is 34.7 Å². The summed E-state index contributed by atoms with van der Waals surface area (Å²) in [4.78, 5) is 0.781. The quantitative estimate of drug-likeness (QED) is 0.408. The lowest BCUT2D eigenvalue weighted by Gasteiger charge is -2.25. The van der Waals surface area contributed by atoms with Crippen LogP contribution in [0.4, 0.5) is 8.78 Å². The van der Waals surface area contributed by atoms with Crippen molar-refractivity contribution in [3.8, 4) is 0 Å². The van der Waals surface area contributed by atoms with Crippen molar-refractivity contribution in [2.24, 2.45) is 0 Å². The molecule has 1 nitrogen and oxygen atoms in total. The van der Waals surface area contributed by atoms with Gasteiger partial charge in [0.15, 0.2) is 0 Å². The highest BCUT2D eigenvalue weighted by Gasteiger charge is 2.21. The number of allylic oxidation sites excluding steroid dienone is 2. The Bertz CT molecular complexity index is 205. The van der Waals surface area contributed by atoms with Crippen molar-refractivity contribution < 1.29 is 8.78 Å². The van der Waals surface area contributed by atoms with Gasteiger partial charge in [-0.25, -0.2) is 0 Å². The molecule has 1 unspecified atom stereocenters. The Morgan fingerprint density at radius 1 is 1.64 bits per heavy atom. The molecule has 0 aliphatic carbocycles. The lowest BCUT2D eigenvalue weighted by atomic mass is 10.4. The normalized spacial score (nSPS) is 24.3. The molecule has 0 amide bonds. The van der Waals surface area contributed by atoms with E-state index in [2.05, 4.69) is 0 Å². The van der Waals surface area contributed by atoms with Gasteiger partial charge in [-0.1, -0.05) is 11.6 Å². The molecule has 1 atom stereocenters. The molecule has 0 fully saturated rings. The van der Waals surface area contributed by atoms with Crippen molar-refractivity contribution in [1.82, 2.24) is 4.90 Å². The van der Waals surface area contributed by atoms with E-state index in [1.807, 2.05) is 22.6 Å². The fourth-order valence-electron chi connectivity index (χ4n) is 0.685. The van der Waals surface area contributed by atoms with E-state index in [0.717, 1.165) is 8.48 Å². The van der Waals surface area contributed by atoms with Gasteiger partial charge >= 0.3 is 6.55 Å². The van der Waals surface area contributed by atoms with Gasteiger partial charge in [-0.2, -0.15) is 8.78 Å². The summed E-state index contributed by atoms with van der Waals surface area (Å²) < 4.78 is 25.0. The zero-order valence-electron chi connectivity index (χ0n) is 5.35. The minimum atomic E-state index is -2.53. The molecular weight excluding hydrogens is 286 g/mol. The second-order valence-electron chi connectivity index (χ2n) is 1.96. The van der Waals surface area contributed by atoms with Crippen molar-refractivity contribution in [3.63, 3.8) is 0 Å². The van der Waals surface area contributed by atoms with E-state index in [1.54, 1.807) is 12.2 Å². The van der Waals surface area contributed by atoms with Gasteiger partial charge in [0.2, 0.25) is 0 Å². The molecule has 62 valence electrons. The van der Waals surface area contributed by atoms with Gasteiger partial charge in [0.05, 0.1) is 0 Å². The van der Waals surface area contributed by atoms with Gasteiger partial charge in [0, 0.05) is 9.78 Å². The summed E-state index contributed by atoms with van der Waals surface area (Å²) in [6.45, 7) is -2.53. The first-order chi connectivity index (χ1) is 5.11. The number of hydrogen-bond acceptors (Lipinski definition) is 1. The molecule has 0 aromatic heterocycles. The van der Waals surface area contributed by atoms with Crippen LogP contribution in [0.1, 0.15) is 0 Å². The Morgan fingerprint density at radius 3 is 2.73 bits per heavy atom. The monoisotopic (exact) mass is 291 g/mol. The van der Waals surface area contributed by atoms with Gasteiger partial charge in [-0.15, -0.1) is 0 Å². The summed E-state index contributed by atoms with van der Waals surface area (Å²) >= 11 is 7.61. The average Bonchev–Trinajstić information content (AvgIpc) is 1.85. The van der Waals surface area contributed by atoms with Crippen LogP contribution in [0.2, 0.25) is 0 Å². The average molecular weight is 291 g/mol. The summed E-state index contributed by atoms with van der Waals surface area (Å²) in [5.41, 5.74) is -0.730. The SMILES string of the molecule is FC(F)N1C=CC(I)=CC1Cl. The Labute approximate surface area is 81.8 Å². The smallest absolute Gasteiger partial charge is 0.302 e. The summed E-state index contributed by atoms with van der Waals surface area (Å²) in [5.74, 6) is 0. The predicted octanol–water partition coefficient (Wildman–Crippen LogP) is 2.92. The van der Waals surface area contributed by atoms with Gasteiger partial charge in [-0.3, -0.25) is 0 Å². The Kier molecular flexibility index (Phi) is 3.12. The molecule has 11 heavy (non-hydrogen) atoms. The van der Waals surface area contributed by atoms with Gasteiger partial charge in [0.25, 0.3) is 0 Å². The van der Waals surface area contributed by atoms with E-state index in [0.29, 0.717) is 0 Å². The maximum atomic E-state index is 12.1. The van der Waals surface area contributed by atoms with E-state index in [4.69, 9.17) is 11.6 Å². The highest BCUT2D eigenvalue weighted by molar-refractivity contribution is 14.1. The van der Waals surface area contributed by atoms with Gasteiger partial charge in [0.1, 0.15) is 5.50 Å². The molecule has 0 saturated carbocycles. The van der Waals surface area contributed by atoms with Crippen LogP contribution in [0, 0.1) is 0 Å². The number of nitrogens with zero attached hydrogens (tertiary/aromatic N) is 1. The van der Waals surface area contributed by atoms with Crippen LogP contribution in [-0.4, -0.2) is 17.0 Å². The molecule has 1 aliphatic heterocycles. The van der Waals surface area contributed by atoms with Crippen molar-refractivity contribution in [1.29, 1.82) is 0 Å². The Balaban J connectivity index is 2.69. The van der Waals surface area contributed by atoms with Crippen molar-refractivity contribution in [3.05, 3.63) is 21.9 Å². The van der Waals surface area contributed by atoms with E-state index in [-0.39, 0.29) is 0 Å². The molecule has 1 rings (SSSR count). The molecule has 0 radical (unpaired) electrons. The first kappa shape index (κ1) is 9.25. The molecule has 0 saturated heterocycles. The van der Waals surface area contributed by atoms with Crippen molar-refractivity contribution in [2.75, 3.05) is 0 Å². The van der Waals surface area contributed by atoms with E-state index >= 15 is 0 Å². The molecule has 5 heteroatoms. The largest absolute Gasteiger partial charge is 0.316 e. The van der Waals surface area contributed by atoms with E-state index in [1.165, 1.54) is 6.20 Å². The van der Waals surface area contributed by atoms with Crippen LogP contribution in [0.3, 0.4) is 0 Å². The topological polar surface area (TPSA) is 3.24 Å². The fourth-order valence-corrected chi connectivity index (χ4v) is 1.69. The third-order valence-electron chi connectivity index (χ3n) is 1.21. The third kappa shape index (κ3) is 2.30. The standard InChI is InChI=1S/C6H5ClF2IN/c7-5-3-4(10)1-2-11(5)6(8)9/h1-3,5-6H. The molecule has 0 aromatic rings. The van der Waals surface area contributed by atoms with Crippen molar-refractivity contribution >= 4 is 34.2 Å². The zero-order chi connectivity index (χ0) is 8.43. The first-order valence-electron chi connectivity index (χ1n) is 2.86. The highest BCUT2D eigenvalue weighted by atomic mass is 127. The lowest BCUT2D eigenvalue weighted by molar-refractivity contribution is 0.00478. The third-order valence-corrected chi connectivity index (χ3v) is 2.28. The summed E-state index contributed by atoms with van der Waals surface area (Å²) in [6.07, 6.45) is 4.45. The Morgan fingerprint density at radius 2 is 2.27 bits per heavy atom. The van der Waals surface area contributed by atoms with Crippen LogP contribution in [0.5, 0.6) is 0 Å². The summed E-state index contributed by atoms with van der Waals surface area (Å²) in [5, 5.41) is 0. The number of halogens is 4. The molecule has 0 bridgehead atoms. The fraction of sp³-hybridized carbons (Fsp3) is 0.333. The number of alkyl halides is 3. The second kappa shape index (κ2) is 3.71.